The summed E-state index contributed by atoms with van der Waals surface area (Å²) in [5.41, 5.74) is 4.12. The van der Waals surface area contributed by atoms with Gasteiger partial charge in [-0.05, 0) is 67.8 Å². The summed E-state index contributed by atoms with van der Waals surface area (Å²) < 4.78 is 1.72. The van der Waals surface area contributed by atoms with Gasteiger partial charge in [-0.25, -0.2) is 9.31 Å². The average Bonchev–Trinajstić information content (AvgIpc) is 3.53. The van der Waals surface area contributed by atoms with Crippen LogP contribution in [0.25, 0.3) is 11.2 Å². The number of nitrogens with zero attached hydrogens (tertiary/aromatic N) is 4. The molecule has 2 aromatic heterocycles. The highest BCUT2D eigenvalue weighted by molar-refractivity contribution is 5.94. The molecule has 4 heterocycles. The molecule has 4 N–H and O–H groups in total. The molecular weight excluding hydrogens is 446 g/mol. The third kappa shape index (κ3) is 4.83. The maximum absolute atomic E-state index is 12.4. The zero-order valence-electron chi connectivity index (χ0n) is 19.6. The molecule has 0 aliphatic carbocycles. The third-order valence-electron chi connectivity index (χ3n) is 6.65. The van der Waals surface area contributed by atoms with Crippen LogP contribution in [0.5, 0.6) is 0 Å². The van der Waals surface area contributed by atoms with Gasteiger partial charge in [-0.1, -0.05) is 13.0 Å². The molecule has 1 saturated heterocycles. The van der Waals surface area contributed by atoms with E-state index in [1.54, 1.807) is 16.6 Å². The van der Waals surface area contributed by atoms with E-state index in [2.05, 4.69) is 21.0 Å². The van der Waals surface area contributed by atoms with Crippen LogP contribution >= 0.6 is 0 Å². The van der Waals surface area contributed by atoms with Crippen LogP contribution in [0.1, 0.15) is 42.1 Å². The van der Waals surface area contributed by atoms with Gasteiger partial charge in [0.2, 0.25) is 5.95 Å². The van der Waals surface area contributed by atoms with E-state index in [0.29, 0.717) is 30.1 Å². The Morgan fingerprint density at radius 3 is 2.77 bits per heavy atom. The molecule has 0 spiro atoms. The summed E-state index contributed by atoms with van der Waals surface area (Å²) in [6, 6.07) is 11.3. The molecule has 2 atom stereocenters. The summed E-state index contributed by atoms with van der Waals surface area (Å²) in [7, 11) is 0. The minimum atomic E-state index is -0.890. The summed E-state index contributed by atoms with van der Waals surface area (Å²) in [5.74, 6) is 0.371. The van der Waals surface area contributed by atoms with Crippen molar-refractivity contribution in [2.75, 3.05) is 25.0 Å². The predicted molar refractivity (Wildman–Crippen MR) is 133 cm³/mol. The Morgan fingerprint density at radius 2 is 2.06 bits per heavy atom. The second-order valence-electron chi connectivity index (χ2n) is 8.92. The van der Waals surface area contributed by atoms with E-state index in [-0.39, 0.29) is 18.0 Å². The van der Waals surface area contributed by atoms with Crippen LogP contribution in [0.3, 0.4) is 0 Å². The summed E-state index contributed by atoms with van der Waals surface area (Å²) in [5, 5.41) is 23.5. The van der Waals surface area contributed by atoms with E-state index in [0.717, 1.165) is 42.8 Å². The standard InChI is InChI=1S/C25H29N7O3/c1-2-20-14-17(10-13-31(20)25(34)35)21-4-3-12-32-22(21)29-24(30-32)28-18-7-5-16(6-8-18)23(33)27-19-9-11-26-15-19/h3-8,10,12,19-20,26H,2,9,11,13-15H2,1H3,(H,27,33)(H,28,30)(H,34,35). The number of carboxylic acid groups (broad SMARTS) is 1. The molecule has 1 fully saturated rings. The van der Waals surface area contributed by atoms with E-state index >= 15 is 0 Å². The SMILES string of the molecule is CCC1CC(c2cccn3nc(Nc4ccc(C(=O)NC5CCNC5)cc4)nc23)=CCN1C(=O)O. The van der Waals surface area contributed by atoms with Crippen molar-refractivity contribution in [3.05, 3.63) is 59.8 Å². The fourth-order valence-corrected chi connectivity index (χ4v) is 4.71. The molecule has 2 aliphatic rings. The van der Waals surface area contributed by atoms with Gasteiger partial charge in [-0.15, -0.1) is 5.10 Å². The normalized spacial score (nSPS) is 20.0. The van der Waals surface area contributed by atoms with Gasteiger partial charge in [0.15, 0.2) is 5.65 Å². The van der Waals surface area contributed by atoms with E-state index < -0.39 is 6.09 Å². The molecule has 10 nitrogen and oxygen atoms in total. The number of carbonyl (C=O) groups is 2. The highest BCUT2D eigenvalue weighted by atomic mass is 16.4. The topological polar surface area (TPSA) is 124 Å². The lowest BCUT2D eigenvalue weighted by molar-refractivity contribution is 0.0940. The fraction of sp³-hybridized carbons (Fsp3) is 0.360. The van der Waals surface area contributed by atoms with Crippen LogP contribution in [0.4, 0.5) is 16.4 Å². The first-order valence-electron chi connectivity index (χ1n) is 11.9. The Morgan fingerprint density at radius 1 is 1.23 bits per heavy atom. The van der Waals surface area contributed by atoms with Gasteiger partial charge in [0.05, 0.1) is 0 Å². The summed E-state index contributed by atoms with van der Waals surface area (Å²) >= 11 is 0. The van der Waals surface area contributed by atoms with Crippen LogP contribution in [0.2, 0.25) is 0 Å². The van der Waals surface area contributed by atoms with E-state index in [1.165, 1.54) is 4.90 Å². The molecule has 0 radical (unpaired) electrons. The van der Waals surface area contributed by atoms with Gasteiger partial charge in [0, 0.05) is 48.2 Å². The first kappa shape index (κ1) is 22.9. The van der Waals surface area contributed by atoms with Gasteiger partial charge in [-0.3, -0.25) is 4.79 Å². The van der Waals surface area contributed by atoms with Crippen LogP contribution in [-0.4, -0.2) is 68.3 Å². The molecule has 2 unspecified atom stereocenters. The predicted octanol–water partition coefficient (Wildman–Crippen LogP) is 3.11. The largest absolute Gasteiger partial charge is 0.465 e. The van der Waals surface area contributed by atoms with E-state index in [1.807, 2.05) is 43.5 Å². The molecule has 2 amide bonds. The lowest BCUT2D eigenvalue weighted by Crippen LogP contribution is -2.41. The Kier molecular flexibility index (Phi) is 6.37. The molecule has 35 heavy (non-hydrogen) atoms. The van der Waals surface area contributed by atoms with Crippen molar-refractivity contribution in [1.82, 2.24) is 30.1 Å². The number of rotatable bonds is 6. The zero-order chi connectivity index (χ0) is 24.4. The fourth-order valence-electron chi connectivity index (χ4n) is 4.71. The Balaban J connectivity index is 1.32. The number of amides is 2. The molecule has 1 aromatic carbocycles. The van der Waals surface area contributed by atoms with Gasteiger partial charge >= 0.3 is 6.09 Å². The first-order chi connectivity index (χ1) is 17.0. The van der Waals surface area contributed by atoms with Gasteiger partial charge in [0.1, 0.15) is 0 Å². The van der Waals surface area contributed by atoms with Gasteiger partial charge in [0.25, 0.3) is 5.91 Å². The minimum Gasteiger partial charge on any atom is -0.465 e. The number of hydrogen-bond acceptors (Lipinski definition) is 6. The number of anilines is 2. The van der Waals surface area contributed by atoms with Crippen molar-refractivity contribution in [2.45, 2.75) is 38.3 Å². The first-order valence-corrected chi connectivity index (χ1v) is 11.9. The molecule has 5 rings (SSSR count). The second kappa shape index (κ2) is 9.75. The van der Waals surface area contributed by atoms with Crippen LogP contribution < -0.4 is 16.0 Å². The lowest BCUT2D eigenvalue weighted by atomic mass is 9.93. The van der Waals surface area contributed by atoms with Gasteiger partial charge in [-0.2, -0.15) is 4.98 Å². The summed E-state index contributed by atoms with van der Waals surface area (Å²) in [6.07, 6.45) is 5.24. The smallest absolute Gasteiger partial charge is 0.407 e. The average molecular weight is 476 g/mol. The van der Waals surface area contributed by atoms with Crippen molar-refractivity contribution in [2.24, 2.45) is 0 Å². The highest BCUT2D eigenvalue weighted by Crippen LogP contribution is 2.30. The molecule has 0 saturated carbocycles. The van der Waals surface area contributed by atoms with Gasteiger partial charge < -0.3 is 26.0 Å². The number of hydrogen-bond donors (Lipinski definition) is 4. The van der Waals surface area contributed by atoms with Crippen LogP contribution in [-0.2, 0) is 0 Å². The quantitative estimate of drug-likeness (QED) is 0.432. The Bertz CT molecular complexity index is 1260. The van der Waals surface area contributed by atoms with E-state index in [4.69, 9.17) is 4.98 Å². The Labute approximate surface area is 203 Å². The number of aromatic nitrogens is 3. The maximum Gasteiger partial charge on any atom is 0.407 e. The summed E-state index contributed by atoms with van der Waals surface area (Å²) in [4.78, 5) is 30.2. The number of nitrogens with one attached hydrogen (secondary N) is 3. The molecule has 0 bridgehead atoms. The molecule has 3 aromatic rings. The van der Waals surface area contributed by atoms with E-state index in [9.17, 15) is 14.7 Å². The molecular formula is C25H29N7O3. The molecule has 10 heteroatoms. The van der Waals surface area contributed by atoms with Crippen LogP contribution in [0, 0.1) is 0 Å². The monoisotopic (exact) mass is 475 g/mol. The van der Waals surface area contributed by atoms with Crippen molar-refractivity contribution in [3.8, 4) is 0 Å². The number of carbonyl (C=O) groups excluding carboxylic acids is 1. The van der Waals surface area contributed by atoms with Crippen molar-refractivity contribution < 1.29 is 14.7 Å². The van der Waals surface area contributed by atoms with Crippen molar-refractivity contribution in [3.63, 3.8) is 0 Å². The number of benzene rings is 1. The summed E-state index contributed by atoms with van der Waals surface area (Å²) in [6.45, 7) is 4.10. The number of pyridine rings is 1. The Hall–Kier alpha value is -3.92. The minimum absolute atomic E-state index is 0.0612. The zero-order valence-corrected chi connectivity index (χ0v) is 19.6. The third-order valence-corrected chi connectivity index (χ3v) is 6.65. The highest BCUT2D eigenvalue weighted by Gasteiger charge is 2.27. The molecule has 2 aliphatic heterocycles. The van der Waals surface area contributed by atoms with Crippen molar-refractivity contribution >= 4 is 34.9 Å². The number of fused-ring (bicyclic) bond motifs is 1. The van der Waals surface area contributed by atoms with Crippen LogP contribution in [0.15, 0.2) is 48.7 Å². The van der Waals surface area contributed by atoms with Crippen molar-refractivity contribution in [1.29, 1.82) is 0 Å². The molecule has 182 valence electrons. The second-order valence-corrected chi connectivity index (χ2v) is 8.92. The lowest BCUT2D eigenvalue weighted by Gasteiger charge is -2.32. The maximum atomic E-state index is 12.4.